The Morgan fingerprint density at radius 2 is 2.08 bits per heavy atom. The van der Waals surface area contributed by atoms with Crippen molar-refractivity contribution in [3.8, 4) is 28.7 Å². The number of hydrogen-bond acceptors (Lipinski definition) is 6. The van der Waals surface area contributed by atoms with E-state index in [0.717, 1.165) is 11.3 Å². The van der Waals surface area contributed by atoms with Gasteiger partial charge in [-0.15, -0.1) is 5.10 Å². The quantitative estimate of drug-likeness (QED) is 0.574. The van der Waals surface area contributed by atoms with E-state index in [9.17, 15) is 5.11 Å². The molecule has 0 unspecified atom stereocenters. The Morgan fingerprint density at radius 1 is 1.19 bits per heavy atom. The van der Waals surface area contributed by atoms with Crippen molar-refractivity contribution < 1.29 is 9.52 Å². The minimum atomic E-state index is -0.515. The summed E-state index contributed by atoms with van der Waals surface area (Å²) in [5, 5.41) is 18.9. The van der Waals surface area contributed by atoms with Crippen molar-refractivity contribution in [1.29, 1.82) is 0 Å². The number of rotatable bonds is 6. The number of furan rings is 1. The van der Waals surface area contributed by atoms with Crippen LogP contribution in [0.5, 0.6) is 0 Å². The summed E-state index contributed by atoms with van der Waals surface area (Å²) in [6, 6.07) is 11.3. The van der Waals surface area contributed by atoms with Crippen molar-refractivity contribution in [2.24, 2.45) is 0 Å². The lowest BCUT2D eigenvalue weighted by molar-refractivity contribution is 0.146. The van der Waals surface area contributed by atoms with Crippen molar-refractivity contribution >= 4 is 0 Å². The minimum absolute atomic E-state index is 0.339. The largest absolute Gasteiger partial charge is 0.461 e. The molecular formula is C18H18N6O2. The molecule has 0 saturated carbocycles. The maximum absolute atomic E-state index is 10.1. The summed E-state index contributed by atoms with van der Waals surface area (Å²) >= 11 is 0. The molecule has 1 atom stereocenters. The van der Waals surface area contributed by atoms with Gasteiger partial charge in [0.25, 0.3) is 0 Å². The van der Waals surface area contributed by atoms with E-state index in [1.54, 1.807) is 28.0 Å². The molecule has 0 saturated heterocycles. The molecule has 26 heavy (non-hydrogen) atoms. The topological polar surface area (TPSA) is 94.8 Å². The van der Waals surface area contributed by atoms with Gasteiger partial charge in [0.05, 0.1) is 24.6 Å². The minimum Gasteiger partial charge on any atom is -0.461 e. The third-order valence-electron chi connectivity index (χ3n) is 4.08. The lowest BCUT2D eigenvalue weighted by Gasteiger charge is -2.12. The summed E-state index contributed by atoms with van der Waals surface area (Å²) < 4.78 is 8.82. The van der Waals surface area contributed by atoms with Gasteiger partial charge in [-0.2, -0.15) is 5.10 Å². The highest BCUT2D eigenvalue weighted by molar-refractivity contribution is 5.68. The Balaban J connectivity index is 1.86. The lowest BCUT2D eigenvalue weighted by atomic mass is 10.1. The van der Waals surface area contributed by atoms with Crippen molar-refractivity contribution in [2.75, 3.05) is 0 Å². The normalized spacial score (nSPS) is 12.4. The van der Waals surface area contributed by atoms with Crippen molar-refractivity contribution in [3.63, 3.8) is 0 Å². The zero-order valence-corrected chi connectivity index (χ0v) is 14.2. The summed E-state index contributed by atoms with van der Waals surface area (Å²) in [6.45, 7) is 2.27. The molecule has 0 aliphatic rings. The Labute approximate surface area is 149 Å². The van der Waals surface area contributed by atoms with Crippen LogP contribution in [0.2, 0.25) is 0 Å². The molecule has 132 valence electrons. The zero-order valence-electron chi connectivity index (χ0n) is 14.2. The number of aliphatic hydroxyl groups is 1. The molecule has 3 aromatic heterocycles. The summed E-state index contributed by atoms with van der Waals surface area (Å²) in [5.74, 6) is 1.69. The number of hydrogen-bond donors (Lipinski definition) is 1. The van der Waals surface area contributed by atoms with Crippen molar-refractivity contribution in [2.45, 2.75) is 26.0 Å². The van der Waals surface area contributed by atoms with E-state index in [0.29, 0.717) is 30.4 Å². The second kappa shape index (κ2) is 6.93. The molecular weight excluding hydrogens is 332 g/mol. The number of para-hydroxylation sites is 1. The highest BCUT2D eigenvalue weighted by Gasteiger charge is 2.19. The second-order valence-corrected chi connectivity index (χ2v) is 5.84. The average Bonchev–Trinajstić information content (AvgIpc) is 3.42. The average molecular weight is 350 g/mol. The molecule has 4 aromatic rings. The first-order valence-corrected chi connectivity index (χ1v) is 8.37. The van der Waals surface area contributed by atoms with E-state index in [-0.39, 0.29) is 0 Å². The van der Waals surface area contributed by atoms with E-state index in [1.807, 2.05) is 37.3 Å². The van der Waals surface area contributed by atoms with Gasteiger partial charge < -0.3 is 9.52 Å². The fourth-order valence-corrected chi connectivity index (χ4v) is 2.70. The summed E-state index contributed by atoms with van der Waals surface area (Å²) in [5.41, 5.74) is 1.67. The molecule has 0 aliphatic carbocycles. The molecule has 3 heterocycles. The number of nitrogens with zero attached hydrogens (tertiary/aromatic N) is 6. The van der Waals surface area contributed by atoms with Crippen LogP contribution in [0.25, 0.3) is 28.7 Å². The van der Waals surface area contributed by atoms with Gasteiger partial charge >= 0.3 is 0 Å². The molecule has 4 rings (SSSR count). The smallest absolute Gasteiger partial charge is 0.217 e. The molecule has 0 spiro atoms. The van der Waals surface area contributed by atoms with Gasteiger partial charge in [-0.1, -0.05) is 19.1 Å². The molecule has 0 aliphatic heterocycles. The van der Waals surface area contributed by atoms with E-state index in [4.69, 9.17) is 4.42 Å². The molecule has 0 radical (unpaired) electrons. The standard InChI is InChI=1S/C18H18N6O2/c1-2-13(25)10-23-18(21-17(22-23)16-8-5-9-26-16)14-6-3-4-7-15(14)24-12-19-11-20-24/h3-9,11-13,25H,2,10H2,1H3/t13-/m0/s1. The highest BCUT2D eigenvalue weighted by Crippen LogP contribution is 2.27. The van der Waals surface area contributed by atoms with E-state index >= 15 is 0 Å². The van der Waals surface area contributed by atoms with Gasteiger partial charge in [-0.05, 0) is 30.7 Å². The summed E-state index contributed by atoms with van der Waals surface area (Å²) in [7, 11) is 0. The SMILES string of the molecule is CC[C@H](O)Cn1nc(-c2ccco2)nc1-c1ccccc1-n1cncn1. The molecule has 1 N–H and O–H groups in total. The molecule has 0 fully saturated rings. The first kappa shape index (κ1) is 16.2. The van der Waals surface area contributed by atoms with Gasteiger partial charge in [-0.25, -0.2) is 19.3 Å². The molecule has 8 heteroatoms. The van der Waals surface area contributed by atoms with Crippen molar-refractivity contribution in [3.05, 3.63) is 55.3 Å². The van der Waals surface area contributed by atoms with E-state index < -0.39 is 6.10 Å². The van der Waals surface area contributed by atoms with Gasteiger partial charge in [0.1, 0.15) is 12.7 Å². The predicted molar refractivity (Wildman–Crippen MR) is 94.4 cm³/mol. The highest BCUT2D eigenvalue weighted by atomic mass is 16.3. The van der Waals surface area contributed by atoms with Crippen LogP contribution in [0, 0.1) is 0 Å². The van der Waals surface area contributed by atoms with Crippen LogP contribution in [0.3, 0.4) is 0 Å². The Bertz CT molecular complexity index is 975. The van der Waals surface area contributed by atoms with Crippen LogP contribution < -0.4 is 0 Å². The fourth-order valence-electron chi connectivity index (χ4n) is 2.70. The monoisotopic (exact) mass is 350 g/mol. The Kier molecular flexibility index (Phi) is 4.32. The van der Waals surface area contributed by atoms with Crippen molar-refractivity contribution in [1.82, 2.24) is 29.5 Å². The third kappa shape index (κ3) is 3.02. The molecule has 0 bridgehead atoms. The second-order valence-electron chi connectivity index (χ2n) is 5.84. The molecule has 8 nitrogen and oxygen atoms in total. The summed E-state index contributed by atoms with van der Waals surface area (Å²) in [4.78, 5) is 8.68. The van der Waals surface area contributed by atoms with E-state index in [1.165, 1.54) is 6.33 Å². The number of aliphatic hydroxyl groups excluding tert-OH is 1. The van der Waals surface area contributed by atoms with Gasteiger partial charge in [-0.3, -0.25) is 0 Å². The maximum Gasteiger partial charge on any atom is 0.217 e. The van der Waals surface area contributed by atoms with Gasteiger partial charge in [0, 0.05) is 5.56 Å². The van der Waals surface area contributed by atoms with Gasteiger partial charge in [0.2, 0.25) is 5.82 Å². The van der Waals surface area contributed by atoms with Gasteiger partial charge in [0.15, 0.2) is 11.6 Å². The first-order valence-electron chi connectivity index (χ1n) is 8.37. The molecule has 0 amide bonds. The van der Waals surface area contributed by atoms with Crippen LogP contribution in [0.15, 0.2) is 59.7 Å². The first-order chi connectivity index (χ1) is 12.8. The van der Waals surface area contributed by atoms with Crippen LogP contribution in [-0.2, 0) is 6.54 Å². The van der Waals surface area contributed by atoms with Crippen LogP contribution in [0.4, 0.5) is 0 Å². The summed E-state index contributed by atoms with van der Waals surface area (Å²) in [6.07, 6.45) is 4.81. The lowest BCUT2D eigenvalue weighted by Crippen LogP contribution is -2.17. The van der Waals surface area contributed by atoms with E-state index in [2.05, 4.69) is 20.2 Å². The Morgan fingerprint density at radius 3 is 2.81 bits per heavy atom. The number of aromatic nitrogens is 6. The number of benzene rings is 1. The van der Waals surface area contributed by atoms with Crippen LogP contribution >= 0.6 is 0 Å². The maximum atomic E-state index is 10.1. The molecule has 1 aromatic carbocycles. The third-order valence-corrected chi connectivity index (χ3v) is 4.08. The Hall–Kier alpha value is -3.26. The fraction of sp³-hybridized carbons (Fsp3) is 0.222. The zero-order chi connectivity index (χ0) is 17.9. The predicted octanol–water partition coefficient (Wildman–Crippen LogP) is 2.56. The van der Waals surface area contributed by atoms with Crippen LogP contribution in [0.1, 0.15) is 13.3 Å². The van der Waals surface area contributed by atoms with Crippen LogP contribution in [-0.4, -0.2) is 40.7 Å².